The first kappa shape index (κ1) is 13.9. The first-order valence-corrected chi connectivity index (χ1v) is 8.07. The molecule has 1 heterocycles. The topological polar surface area (TPSA) is 21.3 Å². The van der Waals surface area contributed by atoms with Crippen molar-refractivity contribution in [2.75, 3.05) is 0 Å². The average molecular weight is 273 g/mol. The number of para-hydroxylation sites is 1. The fourth-order valence-corrected chi connectivity index (χ4v) is 4.09. The normalized spacial score (nSPS) is 34.8. The zero-order chi connectivity index (χ0) is 14.3. The minimum Gasteiger partial charge on any atom is -0.486 e. The van der Waals surface area contributed by atoms with E-state index in [4.69, 9.17) is 4.74 Å². The summed E-state index contributed by atoms with van der Waals surface area (Å²) in [5.74, 6) is 2.70. The highest BCUT2D eigenvalue weighted by Crippen LogP contribution is 2.44. The average Bonchev–Trinajstić information content (AvgIpc) is 2.89. The minimum atomic E-state index is -0.159. The van der Waals surface area contributed by atoms with Gasteiger partial charge in [-0.1, -0.05) is 38.5 Å². The van der Waals surface area contributed by atoms with E-state index in [1.165, 1.54) is 24.8 Å². The summed E-state index contributed by atoms with van der Waals surface area (Å²) >= 11 is 0. The summed E-state index contributed by atoms with van der Waals surface area (Å²) in [5, 5.41) is 3.91. The summed E-state index contributed by atoms with van der Waals surface area (Å²) in [6.45, 7) is 9.12. The predicted octanol–water partition coefficient (Wildman–Crippen LogP) is 4.31. The van der Waals surface area contributed by atoms with Crippen molar-refractivity contribution in [1.82, 2.24) is 5.32 Å². The Morgan fingerprint density at radius 1 is 1.25 bits per heavy atom. The van der Waals surface area contributed by atoms with Crippen molar-refractivity contribution >= 4 is 0 Å². The Morgan fingerprint density at radius 3 is 2.70 bits per heavy atom. The van der Waals surface area contributed by atoms with E-state index >= 15 is 0 Å². The lowest BCUT2D eigenvalue weighted by Crippen LogP contribution is -2.45. The van der Waals surface area contributed by atoms with Crippen molar-refractivity contribution in [2.45, 2.75) is 64.6 Å². The summed E-state index contributed by atoms with van der Waals surface area (Å²) in [6, 6.07) is 9.40. The molecule has 110 valence electrons. The third-order valence-corrected chi connectivity index (χ3v) is 5.43. The Bertz CT molecular complexity index is 482. The Morgan fingerprint density at radius 2 is 2.00 bits per heavy atom. The summed E-state index contributed by atoms with van der Waals surface area (Å²) in [6.07, 6.45) is 3.97. The molecule has 0 aromatic heterocycles. The van der Waals surface area contributed by atoms with Crippen LogP contribution in [-0.4, -0.2) is 11.6 Å². The van der Waals surface area contributed by atoms with E-state index in [1.54, 1.807) is 0 Å². The second-order valence-corrected chi connectivity index (χ2v) is 7.05. The van der Waals surface area contributed by atoms with E-state index in [9.17, 15) is 0 Å². The van der Waals surface area contributed by atoms with Crippen LogP contribution in [0.5, 0.6) is 5.75 Å². The van der Waals surface area contributed by atoms with Crippen molar-refractivity contribution in [1.29, 1.82) is 0 Å². The van der Waals surface area contributed by atoms with E-state index in [2.05, 4.69) is 57.3 Å². The third kappa shape index (κ3) is 2.24. The molecular formula is C18H27NO. The lowest BCUT2D eigenvalue weighted by Gasteiger charge is -2.32. The summed E-state index contributed by atoms with van der Waals surface area (Å²) in [4.78, 5) is 0. The molecule has 1 aromatic carbocycles. The molecule has 2 heteroatoms. The van der Waals surface area contributed by atoms with Gasteiger partial charge in [0.1, 0.15) is 11.4 Å². The largest absolute Gasteiger partial charge is 0.486 e. The second kappa shape index (κ2) is 5.07. The van der Waals surface area contributed by atoms with Crippen LogP contribution >= 0.6 is 0 Å². The van der Waals surface area contributed by atoms with Crippen molar-refractivity contribution < 1.29 is 4.74 Å². The molecule has 3 rings (SSSR count). The quantitative estimate of drug-likeness (QED) is 0.886. The van der Waals surface area contributed by atoms with Crippen LogP contribution in [0.3, 0.4) is 0 Å². The molecule has 0 spiro atoms. The van der Waals surface area contributed by atoms with Gasteiger partial charge in [0.15, 0.2) is 0 Å². The van der Waals surface area contributed by atoms with Crippen molar-refractivity contribution in [3.63, 3.8) is 0 Å². The molecule has 0 amide bonds. The van der Waals surface area contributed by atoms with Crippen molar-refractivity contribution in [3.8, 4) is 5.75 Å². The van der Waals surface area contributed by atoms with Gasteiger partial charge in [-0.15, -0.1) is 0 Å². The van der Waals surface area contributed by atoms with Crippen LogP contribution in [-0.2, 0) is 0 Å². The lowest BCUT2D eigenvalue weighted by atomic mass is 9.90. The Balaban J connectivity index is 1.80. The van der Waals surface area contributed by atoms with Gasteiger partial charge in [0.2, 0.25) is 0 Å². The summed E-state index contributed by atoms with van der Waals surface area (Å²) in [5.41, 5.74) is 1.16. The molecule has 1 fully saturated rings. The first-order valence-electron chi connectivity index (χ1n) is 8.07. The van der Waals surface area contributed by atoms with Crippen LogP contribution in [0.25, 0.3) is 0 Å². The molecular weight excluding hydrogens is 246 g/mol. The van der Waals surface area contributed by atoms with Crippen molar-refractivity contribution in [2.24, 2.45) is 11.8 Å². The SMILES string of the molecule is CCC1CCC(NC2c3ccccc3OC2(C)C)C1C. The number of rotatable bonds is 3. The zero-order valence-corrected chi connectivity index (χ0v) is 13.1. The molecule has 1 aliphatic heterocycles. The van der Waals surface area contributed by atoms with E-state index in [-0.39, 0.29) is 5.60 Å². The molecule has 1 saturated carbocycles. The van der Waals surface area contributed by atoms with Crippen LogP contribution in [0.4, 0.5) is 0 Å². The van der Waals surface area contributed by atoms with Crippen LogP contribution in [0.1, 0.15) is 58.6 Å². The maximum Gasteiger partial charge on any atom is 0.125 e. The number of benzene rings is 1. The monoisotopic (exact) mass is 273 g/mol. The van der Waals surface area contributed by atoms with Gasteiger partial charge in [0.05, 0.1) is 6.04 Å². The number of nitrogens with one attached hydrogen (secondary N) is 1. The minimum absolute atomic E-state index is 0.159. The highest BCUT2D eigenvalue weighted by atomic mass is 16.5. The van der Waals surface area contributed by atoms with Gasteiger partial charge in [-0.05, 0) is 44.6 Å². The van der Waals surface area contributed by atoms with Crippen LogP contribution in [0.2, 0.25) is 0 Å². The van der Waals surface area contributed by atoms with Crippen molar-refractivity contribution in [3.05, 3.63) is 29.8 Å². The molecule has 1 aliphatic carbocycles. The Hall–Kier alpha value is -1.02. The Labute approximate surface area is 122 Å². The molecule has 0 bridgehead atoms. The molecule has 20 heavy (non-hydrogen) atoms. The molecule has 2 nitrogen and oxygen atoms in total. The highest BCUT2D eigenvalue weighted by molar-refractivity contribution is 5.42. The summed E-state index contributed by atoms with van der Waals surface area (Å²) in [7, 11) is 0. The van der Waals surface area contributed by atoms with E-state index in [0.717, 1.165) is 17.6 Å². The van der Waals surface area contributed by atoms with Gasteiger partial charge in [-0.2, -0.15) is 0 Å². The van der Waals surface area contributed by atoms with Gasteiger partial charge in [-0.25, -0.2) is 0 Å². The maximum absolute atomic E-state index is 6.14. The fraction of sp³-hybridized carbons (Fsp3) is 0.667. The van der Waals surface area contributed by atoms with Crippen LogP contribution < -0.4 is 10.1 Å². The predicted molar refractivity (Wildman–Crippen MR) is 83.0 cm³/mol. The first-order chi connectivity index (χ1) is 9.53. The maximum atomic E-state index is 6.14. The molecule has 2 aliphatic rings. The molecule has 4 unspecified atom stereocenters. The second-order valence-electron chi connectivity index (χ2n) is 7.05. The number of hydrogen-bond donors (Lipinski definition) is 1. The van der Waals surface area contributed by atoms with Gasteiger partial charge >= 0.3 is 0 Å². The molecule has 4 atom stereocenters. The molecule has 0 saturated heterocycles. The van der Waals surface area contributed by atoms with Gasteiger partial charge in [0.25, 0.3) is 0 Å². The number of ether oxygens (including phenoxy) is 1. The van der Waals surface area contributed by atoms with Crippen LogP contribution in [0, 0.1) is 11.8 Å². The smallest absolute Gasteiger partial charge is 0.125 e. The van der Waals surface area contributed by atoms with Crippen LogP contribution in [0.15, 0.2) is 24.3 Å². The Kier molecular flexibility index (Phi) is 3.53. The molecule has 1 aromatic rings. The van der Waals surface area contributed by atoms with Gasteiger partial charge in [-0.3, -0.25) is 0 Å². The zero-order valence-electron chi connectivity index (χ0n) is 13.1. The van der Waals surface area contributed by atoms with E-state index in [1.807, 2.05) is 0 Å². The summed E-state index contributed by atoms with van der Waals surface area (Å²) < 4.78 is 6.14. The van der Waals surface area contributed by atoms with E-state index in [0.29, 0.717) is 12.1 Å². The molecule has 0 radical (unpaired) electrons. The van der Waals surface area contributed by atoms with Gasteiger partial charge < -0.3 is 10.1 Å². The van der Waals surface area contributed by atoms with E-state index < -0.39 is 0 Å². The fourth-order valence-electron chi connectivity index (χ4n) is 4.09. The standard InChI is InChI=1S/C18H27NO/c1-5-13-10-11-15(12(13)2)19-17-14-8-6-7-9-16(14)20-18(17,3)4/h6-9,12-13,15,17,19H,5,10-11H2,1-4H3. The molecule has 1 N–H and O–H groups in total. The third-order valence-electron chi connectivity index (χ3n) is 5.43. The number of fused-ring (bicyclic) bond motifs is 1. The van der Waals surface area contributed by atoms with Gasteiger partial charge in [0, 0.05) is 11.6 Å². The number of hydrogen-bond acceptors (Lipinski definition) is 2. The lowest BCUT2D eigenvalue weighted by molar-refractivity contribution is 0.0875. The highest BCUT2D eigenvalue weighted by Gasteiger charge is 2.43.